The zero-order valence-corrected chi connectivity index (χ0v) is 14.8. The van der Waals surface area contributed by atoms with Gasteiger partial charge in [0.1, 0.15) is 5.82 Å². The van der Waals surface area contributed by atoms with Crippen molar-refractivity contribution >= 4 is 47.8 Å². The zero-order valence-electron chi connectivity index (χ0n) is 10.1. The molecule has 100 valence electrons. The number of nitrogens with two attached hydrogens (primary N) is 1. The fraction of sp³-hybridized carbons (Fsp3) is 0.143. The minimum atomic E-state index is -0.390. The Hall–Kier alpha value is -0.230. The van der Waals surface area contributed by atoms with Gasteiger partial charge in [0.15, 0.2) is 0 Å². The van der Waals surface area contributed by atoms with Gasteiger partial charge in [0.2, 0.25) is 0 Å². The fourth-order valence-electron chi connectivity index (χ4n) is 1.83. The third-order valence-corrected chi connectivity index (χ3v) is 4.86. The Kier molecular flexibility index (Phi) is 4.82. The molecule has 0 saturated heterocycles. The van der Waals surface area contributed by atoms with Gasteiger partial charge in [-0.15, -0.1) is 0 Å². The van der Waals surface area contributed by atoms with Gasteiger partial charge in [-0.2, -0.15) is 0 Å². The summed E-state index contributed by atoms with van der Waals surface area (Å²) in [6.45, 7) is 2.00. The van der Waals surface area contributed by atoms with E-state index in [-0.39, 0.29) is 5.82 Å². The lowest BCUT2D eigenvalue weighted by molar-refractivity contribution is 0.622. The van der Waals surface area contributed by atoms with E-state index in [9.17, 15) is 4.39 Å². The summed E-state index contributed by atoms with van der Waals surface area (Å²) in [7, 11) is 0. The van der Waals surface area contributed by atoms with Gasteiger partial charge in [-0.3, -0.25) is 0 Å². The average molecular weight is 452 g/mol. The summed E-state index contributed by atoms with van der Waals surface area (Å²) in [6.07, 6.45) is 0. The number of aryl methyl sites for hydroxylation is 1. The number of rotatable bonds is 2. The lowest BCUT2D eigenvalue weighted by Gasteiger charge is -2.16. The highest BCUT2D eigenvalue weighted by Gasteiger charge is 2.15. The maximum atomic E-state index is 13.4. The Morgan fingerprint density at radius 3 is 2.32 bits per heavy atom. The van der Waals surface area contributed by atoms with Crippen molar-refractivity contribution < 1.29 is 4.39 Å². The van der Waals surface area contributed by atoms with Crippen molar-refractivity contribution in [3.8, 4) is 0 Å². The standard InChI is InChI=1S/C14H11Br3FN/c1-7-2-13(17)11(6-12(7)16)14(19)8-3-9(15)5-10(18)4-8/h2-6,14H,19H2,1H3. The van der Waals surface area contributed by atoms with Crippen LogP contribution in [0.4, 0.5) is 4.39 Å². The molecule has 1 nitrogen and oxygen atoms in total. The van der Waals surface area contributed by atoms with E-state index in [2.05, 4.69) is 47.8 Å². The van der Waals surface area contributed by atoms with Crippen LogP contribution < -0.4 is 5.73 Å². The fourth-order valence-corrected chi connectivity index (χ4v) is 3.38. The first-order valence-corrected chi connectivity index (χ1v) is 7.93. The normalized spacial score (nSPS) is 12.5. The number of halogens is 4. The molecule has 0 heterocycles. The molecule has 0 aliphatic rings. The Bertz CT molecular complexity index is 608. The first-order chi connectivity index (χ1) is 8.88. The largest absolute Gasteiger partial charge is 0.320 e. The van der Waals surface area contributed by atoms with Crippen molar-refractivity contribution in [1.29, 1.82) is 0 Å². The van der Waals surface area contributed by atoms with E-state index in [1.54, 1.807) is 0 Å². The van der Waals surface area contributed by atoms with E-state index >= 15 is 0 Å². The van der Waals surface area contributed by atoms with E-state index in [1.165, 1.54) is 12.1 Å². The van der Waals surface area contributed by atoms with Gasteiger partial charge in [-0.05, 0) is 53.9 Å². The number of hydrogen-bond donors (Lipinski definition) is 1. The summed E-state index contributed by atoms with van der Waals surface area (Å²) in [5.41, 5.74) is 8.99. The molecule has 19 heavy (non-hydrogen) atoms. The Labute approximate surface area is 136 Å². The highest BCUT2D eigenvalue weighted by molar-refractivity contribution is 9.11. The molecular formula is C14H11Br3FN. The molecule has 0 aliphatic heterocycles. The second-order valence-corrected chi connectivity index (χ2v) is 6.93. The molecule has 2 aromatic carbocycles. The lowest BCUT2D eigenvalue weighted by atomic mass is 9.99. The summed E-state index contributed by atoms with van der Waals surface area (Å²) in [5.74, 6) is -0.304. The molecule has 0 bridgehead atoms. The van der Waals surface area contributed by atoms with Crippen LogP contribution in [0.5, 0.6) is 0 Å². The van der Waals surface area contributed by atoms with Crippen LogP contribution in [-0.4, -0.2) is 0 Å². The van der Waals surface area contributed by atoms with Gasteiger partial charge >= 0.3 is 0 Å². The van der Waals surface area contributed by atoms with Gasteiger partial charge in [0.25, 0.3) is 0 Å². The predicted molar refractivity (Wildman–Crippen MR) is 86.7 cm³/mol. The molecule has 2 rings (SSSR count). The van der Waals surface area contributed by atoms with Crippen molar-refractivity contribution in [3.05, 3.63) is 66.3 Å². The topological polar surface area (TPSA) is 26.0 Å². The van der Waals surface area contributed by atoms with Crippen LogP contribution in [0.15, 0.2) is 43.7 Å². The highest BCUT2D eigenvalue weighted by atomic mass is 79.9. The monoisotopic (exact) mass is 449 g/mol. The van der Waals surface area contributed by atoms with Gasteiger partial charge < -0.3 is 5.73 Å². The van der Waals surface area contributed by atoms with Gasteiger partial charge in [-0.1, -0.05) is 47.8 Å². The first-order valence-electron chi connectivity index (χ1n) is 5.55. The Balaban J connectivity index is 2.49. The van der Waals surface area contributed by atoms with Crippen LogP contribution in [0.2, 0.25) is 0 Å². The number of hydrogen-bond acceptors (Lipinski definition) is 1. The summed E-state index contributed by atoms with van der Waals surface area (Å²) in [5, 5.41) is 0. The maximum absolute atomic E-state index is 13.4. The molecule has 2 N–H and O–H groups in total. The summed E-state index contributed by atoms with van der Waals surface area (Å²) in [4.78, 5) is 0. The second-order valence-electron chi connectivity index (χ2n) is 4.30. The van der Waals surface area contributed by atoms with Crippen molar-refractivity contribution in [2.75, 3.05) is 0 Å². The average Bonchev–Trinajstić information content (AvgIpc) is 2.31. The Morgan fingerprint density at radius 2 is 1.68 bits per heavy atom. The molecule has 1 unspecified atom stereocenters. The van der Waals surface area contributed by atoms with E-state index in [0.717, 1.165) is 25.6 Å². The van der Waals surface area contributed by atoms with Crippen LogP contribution in [0.1, 0.15) is 22.7 Å². The van der Waals surface area contributed by atoms with Gasteiger partial charge in [-0.25, -0.2) is 4.39 Å². The van der Waals surface area contributed by atoms with Crippen LogP contribution >= 0.6 is 47.8 Å². The molecule has 0 radical (unpaired) electrons. The summed E-state index contributed by atoms with van der Waals surface area (Å²) < 4.78 is 16.0. The lowest BCUT2D eigenvalue weighted by Crippen LogP contribution is -2.13. The highest BCUT2D eigenvalue weighted by Crippen LogP contribution is 2.32. The van der Waals surface area contributed by atoms with Crippen LogP contribution in [0.25, 0.3) is 0 Å². The van der Waals surface area contributed by atoms with E-state index in [4.69, 9.17) is 5.73 Å². The predicted octanol–water partition coefficient (Wildman–Crippen LogP) is 5.47. The van der Waals surface area contributed by atoms with Gasteiger partial charge in [0, 0.05) is 13.4 Å². The third-order valence-electron chi connectivity index (χ3n) is 2.86. The number of benzene rings is 2. The van der Waals surface area contributed by atoms with Crippen LogP contribution in [0.3, 0.4) is 0 Å². The van der Waals surface area contributed by atoms with Gasteiger partial charge in [0.05, 0.1) is 6.04 Å². The molecule has 2 aromatic rings. The van der Waals surface area contributed by atoms with Crippen LogP contribution in [-0.2, 0) is 0 Å². The van der Waals surface area contributed by atoms with Crippen molar-refractivity contribution in [3.63, 3.8) is 0 Å². The second kappa shape index (κ2) is 6.04. The minimum Gasteiger partial charge on any atom is -0.320 e. The molecule has 5 heteroatoms. The molecule has 0 spiro atoms. The minimum absolute atomic E-state index is 0.304. The molecule has 0 aliphatic carbocycles. The SMILES string of the molecule is Cc1cc(Br)c(C(N)c2cc(F)cc(Br)c2)cc1Br. The molecule has 0 saturated carbocycles. The summed E-state index contributed by atoms with van der Waals surface area (Å²) in [6, 6.07) is 8.26. The quantitative estimate of drug-likeness (QED) is 0.643. The molecule has 0 amide bonds. The third kappa shape index (κ3) is 3.45. The van der Waals surface area contributed by atoms with Crippen molar-refractivity contribution in [1.82, 2.24) is 0 Å². The van der Waals surface area contributed by atoms with Crippen molar-refractivity contribution in [2.24, 2.45) is 5.73 Å². The molecule has 1 atom stereocenters. The smallest absolute Gasteiger partial charge is 0.124 e. The summed E-state index contributed by atoms with van der Waals surface area (Å²) >= 11 is 10.3. The van der Waals surface area contributed by atoms with E-state index < -0.39 is 6.04 Å². The molecule has 0 fully saturated rings. The Morgan fingerprint density at radius 1 is 1.00 bits per heavy atom. The maximum Gasteiger partial charge on any atom is 0.124 e. The van der Waals surface area contributed by atoms with Crippen LogP contribution in [0, 0.1) is 12.7 Å². The first kappa shape index (κ1) is 15.2. The molecular weight excluding hydrogens is 441 g/mol. The van der Waals surface area contributed by atoms with Crippen molar-refractivity contribution in [2.45, 2.75) is 13.0 Å². The van der Waals surface area contributed by atoms with E-state index in [1.807, 2.05) is 25.1 Å². The molecule has 0 aromatic heterocycles. The zero-order chi connectivity index (χ0) is 14.2. The van der Waals surface area contributed by atoms with E-state index in [0.29, 0.717) is 4.47 Å².